The number of benzene rings is 1. The molecule has 2 N–H and O–H groups in total. The summed E-state index contributed by atoms with van der Waals surface area (Å²) in [6.45, 7) is 1.92. The molecule has 1 aromatic rings. The van der Waals surface area contributed by atoms with E-state index in [4.69, 9.17) is 10.5 Å². The van der Waals surface area contributed by atoms with Gasteiger partial charge in [0.1, 0.15) is 0 Å². The molecule has 1 aliphatic heterocycles. The van der Waals surface area contributed by atoms with Crippen LogP contribution < -0.4 is 5.73 Å². The Kier molecular flexibility index (Phi) is 5.15. The smallest absolute Gasteiger partial charge is 0.243 e. The number of nitrogens with zero attached hydrogens (tertiary/aromatic N) is 1. The highest BCUT2D eigenvalue weighted by atomic mass is 32.2. The zero-order chi connectivity index (χ0) is 14.6. The fraction of sp³-hybridized carbons (Fsp3) is 0.571. The Labute approximate surface area is 120 Å². The van der Waals surface area contributed by atoms with Gasteiger partial charge in [0, 0.05) is 26.7 Å². The van der Waals surface area contributed by atoms with Crippen LogP contribution in [0.3, 0.4) is 0 Å². The molecule has 1 fully saturated rings. The van der Waals surface area contributed by atoms with E-state index in [0.717, 1.165) is 12.8 Å². The predicted molar refractivity (Wildman–Crippen MR) is 77.7 cm³/mol. The number of hydrogen-bond donors (Lipinski definition) is 1. The van der Waals surface area contributed by atoms with Gasteiger partial charge in [0.05, 0.1) is 11.5 Å². The molecule has 1 saturated heterocycles. The number of methoxy groups -OCH3 is 1. The number of nitrogens with two attached hydrogens (primary N) is 1. The normalized spacial score (nSPS) is 21.0. The van der Waals surface area contributed by atoms with Gasteiger partial charge in [0.25, 0.3) is 0 Å². The molecular formula is C14H22N2O3S. The van der Waals surface area contributed by atoms with E-state index in [1.54, 1.807) is 29.6 Å². The van der Waals surface area contributed by atoms with E-state index in [1.165, 1.54) is 0 Å². The van der Waals surface area contributed by atoms with Crippen molar-refractivity contribution >= 4 is 10.0 Å². The summed E-state index contributed by atoms with van der Waals surface area (Å²) in [6.07, 6.45) is 1.89. The van der Waals surface area contributed by atoms with E-state index < -0.39 is 10.0 Å². The quantitative estimate of drug-likeness (QED) is 0.886. The van der Waals surface area contributed by atoms with Crippen molar-refractivity contribution in [3.05, 3.63) is 29.8 Å². The Hall–Kier alpha value is -0.950. The number of rotatable bonds is 5. The Morgan fingerprint density at radius 3 is 2.85 bits per heavy atom. The van der Waals surface area contributed by atoms with Gasteiger partial charge in [-0.3, -0.25) is 0 Å². The summed E-state index contributed by atoms with van der Waals surface area (Å²) >= 11 is 0. The van der Waals surface area contributed by atoms with Crippen molar-refractivity contribution in [3.8, 4) is 0 Å². The molecule has 1 aromatic carbocycles. The average Bonchev–Trinajstić information content (AvgIpc) is 2.48. The first-order valence-corrected chi connectivity index (χ1v) is 8.30. The molecule has 0 radical (unpaired) electrons. The monoisotopic (exact) mass is 298 g/mol. The summed E-state index contributed by atoms with van der Waals surface area (Å²) in [7, 11) is -1.81. The van der Waals surface area contributed by atoms with Gasteiger partial charge >= 0.3 is 0 Å². The first-order valence-electron chi connectivity index (χ1n) is 6.86. The summed E-state index contributed by atoms with van der Waals surface area (Å²) in [5, 5.41) is 0. The minimum absolute atomic E-state index is 0.227. The van der Waals surface area contributed by atoms with Gasteiger partial charge in [0.15, 0.2) is 0 Å². The summed E-state index contributed by atoms with van der Waals surface area (Å²) in [5.74, 6) is 0.272. The Balaban J connectivity index is 2.25. The molecule has 6 heteroatoms. The topological polar surface area (TPSA) is 72.6 Å². The van der Waals surface area contributed by atoms with Crippen molar-refractivity contribution in [1.29, 1.82) is 0 Å². The average molecular weight is 298 g/mol. The molecule has 2 rings (SSSR count). The van der Waals surface area contributed by atoms with Gasteiger partial charge in [-0.2, -0.15) is 4.31 Å². The van der Waals surface area contributed by atoms with Crippen LogP contribution in [0.2, 0.25) is 0 Å². The van der Waals surface area contributed by atoms with E-state index in [-0.39, 0.29) is 12.5 Å². The summed E-state index contributed by atoms with van der Waals surface area (Å²) in [5.41, 5.74) is 6.32. The molecule has 0 spiro atoms. The molecule has 0 amide bonds. The van der Waals surface area contributed by atoms with Gasteiger partial charge in [-0.25, -0.2) is 8.42 Å². The van der Waals surface area contributed by atoms with E-state index >= 15 is 0 Å². The molecular weight excluding hydrogens is 276 g/mol. The number of sulfonamides is 1. The van der Waals surface area contributed by atoms with Crippen LogP contribution in [-0.4, -0.2) is 39.5 Å². The molecule has 1 atom stereocenters. The maximum absolute atomic E-state index is 12.7. The van der Waals surface area contributed by atoms with Gasteiger partial charge < -0.3 is 10.5 Å². The van der Waals surface area contributed by atoms with Crippen molar-refractivity contribution in [2.45, 2.75) is 24.3 Å². The van der Waals surface area contributed by atoms with Gasteiger partial charge in [-0.15, -0.1) is 0 Å². The molecule has 5 nitrogen and oxygen atoms in total. The van der Waals surface area contributed by atoms with Crippen molar-refractivity contribution in [2.75, 3.05) is 26.8 Å². The first-order chi connectivity index (χ1) is 9.59. The second-order valence-electron chi connectivity index (χ2n) is 5.14. The van der Waals surface area contributed by atoms with Crippen LogP contribution in [0, 0.1) is 5.92 Å². The minimum Gasteiger partial charge on any atom is -0.384 e. The van der Waals surface area contributed by atoms with Gasteiger partial charge in [-0.1, -0.05) is 18.2 Å². The zero-order valence-electron chi connectivity index (χ0n) is 11.8. The lowest BCUT2D eigenvalue weighted by Crippen LogP contribution is -2.41. The van der Waals surface area contributed by atoms with Crippen molar-refractivity contribution < 1.29 is 13.2 Å². The SMILES string of the molecule is COCC1CCCN(S(=O)(=O)c2ccccc2CN)C1. The van der Waals surface area contributed by atoms with Crippen LogP contribution in [0.5, 0.6) is 0 Å². The largest absolute Gasteiger partial charge is 0.384 e. The standard InChI is InChI=1S/C14H22N2O3S/c1-19-11-12-5-4-8-16(10-12)20(17,18)14-7-3-2-6-13(14)9-15/h2-3,6-7,12H,4-5,8-11,15H2,1H3. The third-order valence-electron chi connectivity index (χ3n) is 3.69. The highest BCUT2D eigenvalue weighted by Crippen LogP contribution is 2.25. The van der Waals surface area contributed by atoms with Crippen molar-refractivity contribution in [2.24, 2.45) is 11.7 Å². The molecule has 0 aromatic heterocycles. The van der Waals surface area contributed by atoms with E-state index in [1.807, 2.05) is 6.07 Å². The second kappa shape index (κ2) is 6.67. The summed E-state index contributed by atoms with van der Waals surface area (Å²) in [6, 6.07) is 6.95. The Bertz CT molecular complexity index is 543. The minimum atomic E-state index is -3.46. The van der Waals surface area contributed by atoms with E-state index in [0.29, 0.717) is 30.2 Å². The summed E-state index contributed by atoms with van der Waals surface area (Å²) in [4.78, 5) is 0.334. The van der Waals surface area contributed by atoms with E-state index in [9.17, 15) is 8.42 Å². The second-order valence-corrected chi connectivity index (χ2v) is 7.04. The van der Waals surface area contributed by atoms with Crippen LogP contribution in [0.25, 0.3) is 0 Å². The maximum Gasteiger partial charge on any atom is 0.243 e. The molecule has 0 saturated carbocycles. The number of piperidine rings is 1. The zero-order valence-corrected chi connectivity index (χ0v) is 12.6. The Morgan fingerprint density at radius 2 is 2.15 bits per heavy atom. The van der Waals surface area contributed by atoms with Gasteiger partial charge in [-0.05, 0) is 30.4 Å². The number of hydrogen-bond acceptors (Lipinski definition) is 4. The molecule has 20 heavy (non-hydrogen) atoms. The van der Waals surface area contributed by atoms with Crippen LogP contribution in [0.15, 0.2) is 29.2 Å². The van der Waals surface area contributed by atoms with Crippen LogP contribution >= 0.6 is 0 Å². The fourth-order valence-electron chi connectivity index (χ4n) is 2.68. The lowest BCUT2D eigenvalue weighted by atomic mass is 10.0. The summed E-state index contributed by atoms with van der Waals surface area (Å²) < 4.78 is 32.2. The molecule has 1 unspecified atom stereocenters. The third-order valence-corrected chi connectivity index (χ3v) is 5.66. The maximum atomic E-state index is 12.7. The van der Waals surface area contributed by atoms with Crippen molar-refractivity contribution in [3.63, 3.8) is 0 Å². The highest BCUT2D eigenvalue weighted by Gasteiger charge is 2.31. The van der Waals surface area contributed by atoms with Crippen LogP contribution in [-0.2, 0) is 21.3 Å². The lowest BCUT2D eigenvalue weighted by molar-refractivity contribution is 0.118. The van der Waals surface area contributed by atoms with Gasteiger partial charge in [0.2, 0.25) is 10.0 Å². The van der Waals surface area contributed by atoms with Crippen LogP contribution in [0.1, 0.15) is 18.4 Å². The molecule has 1 heterocycles. The number of ether oxygens (including phenoxy) is 1. The molecule has 0 aliphatic carbocycles. The van der Waals surface area contributed by atoms with E-state index in [2.05, 4.69) is 0 Å². The molecule has 0 bridgehead atoms. The van der Waals surface area contributed by atoms with Crippen molar-refractivity contribution in [1.82, 2.24) is 4.31 Å². The third kappa shape index (κ3) is 3.20. The first kappa shape index (κ1) is 15.4. The molecule has 1 aliphatic rings. The molecule has 112 valence electrons. The Morgan fingerprint density at radius 1 is 1.40 bits per heavy atom. The fourth-order valence-corrected chi connectivity index (χ4v) is 4.47. The highest BCUT2D eigenvalue weighted by molar-refractivity contribution is 7.89. The van der Waals surface area contributed by atoms with Crippen LogP contribution in [0.4, 0.5) is 0 Å². The lowest BCUT2D eigenvalue weighted by Gasteiger charge is -2.32. The predicted octanol–water partition coefficient (Wildman–Crippen LogP) is 1.19.